The van der Waals surface area contributed by atoms with Crippen molar-refractivity contribution < 1.29 is 19.1 Å². The van der Waals surface area contributed by atoms with Gasteiger partial charge in [0.1, 0.15) is 23.2 Å². The van der Waals surface area contributed by atoms with Crippen LogP contribution in [0.3, 0.4) is 0 Å². The van der Waals surface area contributed by atoms with E-state index in [1.54, 1.807) is 31.8 Å². The Hall–Kier alpha value is -3.48. The van der Waals surface area contributed by atoms with Crippen LogP contribution in [0.25, 0.3) is 10.9 Å². The molecule has 30 heavy (non-hydrogen) atoms. The summed E-state index contributed by atoms with van der Waals surface area (Å²) in [4.78, 5) is 25.1. The van der Waals surface area contributed by atoms with Crippen molar-refractivity contribution in [3.8, 4) is 11.5 Å². The van der Waals surface area contributed by atoms with Gasteiger partial charge in [-0.2, -0.15) is 0 Å². The van der Waals surface area contributed by atoms with Crippen molar-refractivity contribution in [2.75, 3.05) is 20.8 Å². The lowest BCUT2D eigenvalue weighted by molar-refractivity contribution is -0.122. The monoisotopic (exact) mass is 409 g/mol. The van der Waals surface area contributed by atoms with Crippen molar-refractivity contribution in [1.82, 2.24) is 15.2 Å². The molecular formula is C23H27N3O4. The summed E-state index contributed by atoms with van der Waals surface area (Å²) in [7, 11) is 5.05. The van der Waals surface area contributed by atoms with E-state index in [0.717, 1.165) is 28.0 Å². The largest absolute Gasteiger partial charge is 0.497 e. The molecule has 158 valence electrons. The molecule has 0 spiro atoms. The minimum absolute atomic E-state index is 0.225. The summed E-state index contributed by atoms with van der Waals surface area (Å²) in [6, 6.07) is 14.5. The maximum atomic E-state index is 12.7. The highest BCUT2D eigenvalue weighted by Gasteiger charge is 2.19. The van der Waals surface area contributed by atoms with Gasteiger partial charge in [0.05, 0.1) is 14.2 Å². The van der Waals surface area contributed by atoms with Gasteiger partial charge in [0.2, 0.25) is 5.91 Å². The highest BCUT2D eigenvalue weighted by Crippen LogP contribution is 2.23. The van der Waals surface area contributed by atoms with E-state index in [1.807, 2.05) is 49.5 Å². The van der Waals surface area contributed by atoms with E-state index in [-0.39, 0.29) is 11.8 Å². The summed E-state index contributed by atoms with van der Waals surface area (Å²) >= 11 is 0. The molecule has 0 aliphatic heterocycles. The van der Waals surface area contributed by atoms with Crippen LogP contribution in [0.5, 0.6) is 11.5 Å². The number of nitrogens with one attached hydrogen (secondary N) is 2. The number of rotatable bonds is 8. The van der Waals surface area contributed by atoms with Crippen molar-refractivity contribution in [3.05, 3.63) is 59.8 Å². The van der Waals surface area contributed by atoms with Gasteiger partial charge in [0, 0.05) is 24.5 Å². The number of carbonyl (C=O) groups excluding carboxylic acids is 2. The lowest BCUT2D eigenvalue weighted by Crippen LogP contribution is -2.45. The molecule has 0 saturated carbocycles. The van der Waals surface area contributed by atoms with Crippen LogP contribution in [-0.4, -0.2) is 43.2 Å². The third kappa shape index (κ3) is 4.74. The second-order valence-electron chi connectivity index (χ2n) is 7.10. The average molecular weight is 409 g/mol. The molecule has 0 aliphatic rings. The van der Waals surface area contributed by atoms with E-state index in [1.165, 1.54) is 0 Å². The number of methoxy groups -OCH3 is 2. The first-order chi connectivity index (χ1) is 14.4. The molecule has 7 nitrogen and oxygen atoms in total. The van der Waals surface area contributed by atoms with Crippen LogP contribution in [0.2, 0.25) is 0 Å². The molecular weight excluding hydrogens is 382 g/mol. The summed E-state index contributed by atoms with van der Waals surface area (Å²) < 4.78 is 12.2. The average Bonchev–Trinajstić information content (AvgIpc) is 3.09. The molecule has 1 atom stereocenters. The fourth-order valence-electron chi connectivity index (χ4n) is 3.28. The van der Waals surface area contributed by atoms with Gasteiger partial charge in [-0.15, -0.1) is 0 Å². The van der Waals surface area contributed by atoms with Gasteiger partial charge in [-0.25, -0.2) is 0 Å². The summed E-state index contributed by atoms with van der Waals surface area (Å²) in [5, 5.41) is 6.54. The summed E-state index contributed by atoms with van der Waals surface area (Å²) in [5.74, 6) is 0.998. The van der Waals surface area contributed by atoms with Gasteiger partial charge in [-0.05, 0) is 55.3 Å². The number of aromatic nitrogens is 1. The number of fused-ring (bicyclic) bond motifs is 1. The Morgan fingerprint density at radius 2 is 1.67 bits per heavy atom. The summed E-state index contributed by atoms with van der Waals surface area (Å²) in [5.41, 5.74) is 2.49. The zero-order valence-electron chi connectivity index (χ0n) is 17.7. The van der Waals surface area contributed by atoms with E-state index in [0.29, 0.717) is 18.7 Å². The number of amides is 2. The van der Waals surface area contributed by atoms with Crippen molar-refractivity contribution in [2.45, 2.75) is 19.4 Å². The van der Waals surface area contributed by atoms with Crippen LogP contribution in [0.15, 0.2) is 48.5 Å². The topological polar surface area (TPSA) is 81.6 Å². The second kappa shape index (κ2) is 9.35. The van der Waals surface area contributed by atoms with E-state index in [4.69, 9.17) is 9.47 Å². The van der Waals surface area contributed by atoms with E-state index >= 15 is 0 Å². The van der Waals surface area contributed by atoms with Crippen LogP contribution >= 0.6 is 0 Å². The fraction of sp³-hybridized carbons (Fsp3) is 0.304. The maximum Gasteiger partial charge on any atom is 0.268 e. The zero-order chi connectivity index (χ0) is 21.7. The quantitative estimate of drug-likeness (QED) is 0.599. The third-order valence-corrected chi connectivity index (χ3v) is 5.10. The molecule has 1 heterocycles. The molecule has 0 bridgehead atoms. The SMILES string of the molecule is COc1ccc(CCNC(=O)[C@@H](C)NC(=O)c2cc3cc(OC)ccc3n2C)cc1. The maximum absolute atomic E-state index is 12.7. The highest BCUT2D eigenvalue weighted by molar-refractivity contribution is 6.00. The molecule has 3 rings (SSSR count). The Bertz CT molecular complexity index is 1040. The molecule has 0 unspecified atom stereocenters. The number of nitrogens with zero attached hydrogens (tertiary/aromatic N) is 1. The van der Waals surface area contributed by atoms with Gasteiger partial charge in [-0.1, -0.05) is 12.1 Å². The van der Waals surface area contributed by atoms with Crippen LogP contribution in [-0.2, 0) is 18.3 Å². The molecule has 2 N–H and O–H groups in total. The smallest absolute Gasteiger partial charge is 0.268 e. The Labute approximate surface area is 176 Å². The normalized spacial score (nSPS) is 11.7. The molecule has 2 amide bonds. The Kier molecular flexibility index (Phi) is 6.61. The van der Waals surface area contributed by atoms with E-state index in [2.05, 4.69) is 10.6 Å². The van der Waals surface area contributed by atoms with Gasteiger partial charge < -0.3 is 24.7 Å². The highest BCUT2D eigenvalue weighted by atomic mass is 16.5. The number of hydrogen-bond donors (Lipinski definition) is 2. The first kappa shape index (κ1) is 21.2. The number of hydrogen-bond acceptors (Lipinski definition) is 4. The second-order valence-corrected chi connectivity index (χ2v) is 7.10. The van der Waals surface area contributed by atoms with Gasteiger partial charge >= 0.3 is 0 Å². The molecule has 1 aromatic heterocycles. The lowest BCUT2D eigenvalue weighted by atomic mass is 10.1. The fourth-order valence-corrected chi connectivity index (χ4v) is 3.28. The predicted molar refractivity (Wildman–Crippen MR) is 116 cm³/mol. The van der Waals surface area contributed by atoms with Gasteiger partial charge in [-0.3, -0.25) is 9.59 Å². The Morgan fingerprint density at radius 1 is 1.00 bits per heavy atom. The molecule has 0 aliphatic carbocycles. The van der Waals surface area contributed by atoms with Crippen LogP contribution in [0, 0.1) is 0 Å². The molecule has 3 aromatic rings. The standard InChI is InChI=1S/C23H27N3O4/c1-15(22(27)24-12-11-16-5-7-18(29-3)8-6-16)25-23(28)21-14-17-13-19(30-4)9-10-20(17)26(21)2/h5-10,13-15H,11-12H2,1-4H3,(H,24,27)(H,25,28)/t15-/m1/s1. The van der Waals surface area contributed by atoms with Gasteiger partial charge in [0.25, 0.3) is 5.91 Å². The molecule has 0 radical (unpaired) electrons. The molecule has 2 aromatic carbocycles. The van der Waals surface area contributed by atoms with Crippen molar-refractivity contribution in [3.63, 3.8) is 0 Å². The predicted octanol–water partition coefficient (Wildman–Crippen LogP) is 2.67. The van der Waals surface area contributed by atoms with E-state index in [9.17, 15) is 9.59 Å². The first-order valence-electron chi connectivity index (χ1n) is 9.78. The minimum Gasteiger partial charge on any atom is -0.497 e. The molecule has 7 heteroatoms. The number of carbonyl (C=O) groups is 2. The third-order valence-electron chi connectivity index (χ3n) is 5.10. The Balaban J connectivity index is 1.56. The van der Waals surface area contributed by atoms with Crippen LogP contribution in [0.1, 0.15) is 23.0 Å². The van der Waals surface area contributed by atoms with Gasteiger partial charge in [0.15, 0.2) is 0 Å². The van der Waals surface area contributed by atoms with Crippen LogP contribution in [0.4, 0.5) is 0 Å². The van der Waals surface area contributed by atoms with Crippen LogP contribution < -0.4 is 20.1 Å². The molecule has 0 saturated heterocycles. The zero-order valence-corrected chi connectivity index (χ0v) is 17.7. The number of benzene rings is 2. The summed E-state index contributed by atoms with van der Waals surface area (Å²) in [6.07, 6.45) is 0.696. The van der Waals surface area contributed by atoms with Crippen molar-refractivity contribution >= 4 is 22.7 Å². The number of aryl methyl sites for hydroxylation is 1. The minimum atomic E-state index is -0.652. The van der Waals surface area contributed by atoms with Crippen molar-refractivity contribution in [1.29, 1.82) is 0 Å². The van der Waals surface area contributed by atoms with E-state index < -0.39 is 6.04 Å². The first-order valence-corrected chi connectivity index (χ1v) is 9.78. The number of ether oxygens (including phenoxy) is 2. The van der Waals surface area contributed by atoms with Crippen molar-refractivity contribution in [2.24, 2.45) is 7.05 Å². The molecule has 0 fully saturated rings. The lowest BCUT2D eigenvalue weighted by Gasteiger charge is -2.14. The Morgan fingerprint density at radius 3 is 2.33 bits per heavy atom. The summed E-state index contributed by atoms with van der Waals surface area (Å²) in [6.45, 7) is 2.16.